The molecule has 1 aliphatic rings. The molecule has 1 atom stereocenters. The first kappa shape index (κ1) is 12.0. The fraction of sp³-hybridized carbons (Fsp3) is 0.727. The maximum absolute atomic E-state index is 5.77. The average Bonchev–Trinajstić information content (AvgIpc) is 2.77. The van der Waals surface area contributed by atoms with Crippen molar-refractivity contribution >= 4 is 11.3 Å². The van der Waals surface area contributed by atoms with Crippen molar-refractivity contribution in [2.75, 3.05) is 19.7 Å². The Kier molecular flexibility index (Phi) is 3.91. The van der Waals surface area contributed by atoms with Crippen LogP contribution in [0.15, 0.2) is 5.38 Å². The van der Waals surface area contributed by atoms with Gasteiger partial charge in [0.1, 0.15) is 11.1 Å². The van der Waals surface area contributed by atoms with E-state index in [1.165, 1.54) is 0 Å². The van der Waals surface area contributed by atoms with Gasteiger partial charge >= 0.3 is 0 Å². The number of aromatic nitrogens is 1. The lowest BCUT2D eigenvalue weighted by molar-refractivity contribution is -0.0403. The van der Waals surface area contributed by atoms with Gasteiger partial charge in [0, 0.05) is 31.1 Å². The predicted octanol–water partition coefficient (Wildman–Crippen LogP) is 1.38. The van der Waals surface area contributed by atoms with Crippen LogP contribution in [0.3, 0.4) is 0 Å². The monoisotopic (exact) mass is 241 g/mol. The van der Waals surface area contributed by atoms with E-state index in [9.17, 15) is 0 Å². The van der Waals surface area contributed by atoms with Gasteiger partial charge in [0.15, 0.2) is 0 Å². The number of ether oxygens (including phenoxy) is 1. The van der Waals surface area contributed by atoms with Crippen LogP contribution in [-0.2, 0) is 11.3 Å². The van der Waals surface area contributed by atoms with Crippen molar-refractivity contribution in [1.29, 1.82) is 0 Å². The molecule has 1 aromatic rings. The van der Waals surface area contributed by atoms with E-state index in [1.54, 1.807) is 11.3 Å². The highest BCUT2D eigenvalue weighted by Gasteiger charge is 2.25. The lowest BCUT2D eigenvalue weighted by Gasteiger charge is -2.34. The molecule has 16 heavy (non-hydrogen) atoms. The summed E-state index contributed by atoms with van der Waals surface area (Å²) in [7, 11) is 0. The topological polar surface area (TPSA) is 51.4 Å². The molecule has 0 aromatic carbocycles. The molecular formula is C11H19N3OS. The summed E-state index contributed by atoms with van der Waals surface area (Å²) in [5, 5.41) is 3.08. The molecule has 2 N–H and O–H groups in total. The van der Waals surface area contributed by atoms with Crippen molar-refractivity contribution < 1.29 is 4.74 Å². The van der Waals surface area contributed by atoms with E-state index in [0.717, 1.165) is 30.4 Å². The van der Waals surface area contributed by atoms with E-state index in [2.05, 4.69) is 23.7 Å². The van der Waals surface area contributed by atoms with Gasteiger partial charge in [-0.2, -0.15) is 0 Å². The van der Waals surface area contributed by atoms with E-state index >= 15 is 0 Å². The Bertz CT molecular complexity index is 340. The van der Waals surface area contributed by atoms with Gasteiger partial charge < -0.3 is 10.5 Å². The van der Waals surface area contributed by atoms with Crippen molar-refractivity contribution in [3.05, 3.63) is 16.1 Å². The first-order valence-electron chi connectivity index (χ1n) is 5.70. The maximum atomic E-state index is 5.77. The number of rotatable bonds is 3. The van der Waals surface area contributed by atoms with Crippen molar-refractivity contribution in [3.63, 3.8) is 0 Å². The summed E-state index contributed by atoms with van der Waals surface area (Å²) in [5.74, 6) is 0. The third kappa shape index (κ3) is 2.60. The third-order valence-electron chi connectivity index (χ3n) is 2.88. The highest BCUT2D eigenvalue weighted by atomic mass is 32.1. The molecule has 2 heterocycles. The van der Waals surface area contributed by atoms with Crippen LogP contribution in [-0.4, -0.2) is 35.6 Å². The number of hydrogen-bond acceptors (Lipinski definition) is 5. The Morgan fingerprint density at radius 2 is 2.50 bits per heavy atom. The average molecular weight is 241 g/mol. The van der Waals surface area contributed by atoms with Crippen molar-refractivity contribution in [3.8, 4) is 0 Å². The molecule has 1 unspecified atom stereocenters. The molecule has 2 rings (SSSR count). The normalized spacial score (nSPS) is 22.9. The lowest BCUT2D eigenvalue weighted by atomic mass is 10.2. The Balaban J connectivity index is 2.03. The first-order chi connectivity index (χ1) is 7.70. The summed E-state index contributed by atoms with van der Waals surface area (Å²) < 4.78 is 5.77. The van der Waals surface area contributed by atoms with Crippen molar-refractivity contribution in [2.45, 2.75) is 32.5 Å². The van der Waals surface area contributed by atoms with Gasteiger partial charge in [0.25, 0.3) is 0 Å². The molecule has 0 aliphatic carbocycles. The van der Waals surface area contributed by atoms with Crippen molar-refractivity contribution in [2.24, 2.45) is 5.73 Å². The second kappa shape index (κ2) is 5.23. The molecule has 0 bridgehead atoms. The zero-order chi connectivity index (χ0) is 11.5. The van der Waals surface area contributed by atoms with E-state index in [0.29, 0.717) is 12.6 Å². The van der Waals surface area contributed by atoms with E-state index in [1.807, 2.05) is 5.38 Å². The molecule has 90 valence electrons. The van der Waals surface area contributed by atoms with Gasteiger partial charge in [0.2, 0.25) is 0 Å². The molecule has 1 aliphatic heterocycles. The fourth-order valence-corrected chi connectivity index (χ4v) is 2.72. The van der Waals surface area contributed by atoms with Gasteiger partial charge in [-0.1, -0.05) is 0 Å². The molecule has 1 saturated heterocycles. The molecule has 0 spiro atoms. The largest absolute Gasteiger partial charge is 0.368 e. The zero-order valence-electron chi connectivity index (χ0n) is 9.85. The van der Waals surface area contributed by atoms with Crippen LogP contribution < -0.4 is 5.73 Å². The van der Waals surface area contributed by atoms with Crippen LogP contribution in [0.2, 0.25) is 0 Å². The molecule has 0 saturated carbocycles. The molecule has 1 fully saturated rings. The molecule has 0 amide bonds. The summed E-state index contributed by atoms with van der Waals surface area (Å²) in [6.45, 7) is 7.70. The number of hydrogen-bond donors (Lipinski definition) is 1. The fourth-order valence-electron chi connectivity index (χ4n) is 1.85. The van der Waals surface area contributed by atoms with Crippen LogP contribution in [0.25, 0.3) is 0 Å². The summed E-state index contributed by atoms with van der Waals surface area (Å²) >= 11 is 1.65. The number of morpholine rings is 1. The maximum Gasteiger partial charge on any atom is 0.123 e. The van der Waals surface area contributed by atoms with Gasteiger partial charge in [0.05, 0.1) is 12.3 Å². The predicted molar refractivity (Wildman–Crippen MR) is 65.4 cm³/mol. The summed E-state index contributed by atoms with van der Waals surface area (Å²) in [5.41, 5.74) is 6.52. The van der Waals surface area contributed by atoms with Crippen LogP contribution in [0, 0.1) is 0 Å². The smallest absolute Gasteiger partial charge is 0.123 e. The molecule has 5 heteroatoms. The minimum absolute atomic E-state index is 0.126. The minimum Gasteiger partial charge on any atom is -0.368 e. The van der Waals surface area contributed by atoms with Crippen LogP contribution in [0.4, 0.5) is 0 Å². The van der Waals surface area contributed by atoms with E-state index in [4.69, 9.17) is 10.5 Å². The SMILES string of the molecule is CC(C)N1CCOC(c2nc(CN)cs2)C1. The number of nitrogens with two attached hydrogens (primary N) is 1. The second-order valence-electron chi connectivity index (χ2n) is 4.33. The highest BCUT2D eigenvalue weighted by Crippen LogP contribution is 2.25. The standard InChI is InChI=1S/C11H19N3OS/c1-8(2)14-3-4-15-10(6-14)11-13-9(5-12)7-16-11/h7-8,10H,3-6,12H2,1-2H3. The molecular weight excluding hydrogens is 222 g/mol. The summed E-state index contributed by atoms with van der Waals surface area (Å²) in [6, 6.07) is 0.570. The van der Waals surface area contributed by atoms with E-state index < -0.39 is 0 Å². The quantitative estimate of drug-likeness (QED) is 0.868. The van der Waals surface area contributed by atoms with Crippen LogP contribution in [0.1, 0.15) is 30.7 Å². The zero-order valence-corrected chi connectivity index (χ0v) is 10.7. The minimum atomic E-state index is 0.126. The molecule has 0 radical (unpaired) electrons. The van der Waals surface area contributed by atoms with Gasteiger partial charge in [-0.3, -0.25) is 4.90 Å². The Labute approximate surface area is 100 Å². The molecule has 1 aromatic heterocycles. The van der Waals surface area contributed by atoms with Crippen LogP contribution in [0.5, 0.6) is 0 Å². The van der Waals surface area contributed by atoms with Gasteiger partial charge in [-0.05, 0) is 13.8 Å². The Morgan fingerprint density at radius 1 is 1.69 bits per heavy atom. The Hall–Kier alpha value is -0.490. The highest BCUT2D eigenvalue weighted by molar-refractivity contribution is 7.09. The summed E-state index contributed by atoms with van der Waals surface area (Å²) in [4.78, 5) is 6.92. The van der Waals surface area contributed by atoms with Gasteiger partial charge in [-0.25, -0.2) is 4.98 Å². The molecule has 4 nitrogen and oxygen atoms in total. The third-order valence-corrected chi connectivity index (χ3v) is 3.87. The van der Waals surface area contributed by atoms with Crippen LogP contribution >= 0.6 is 11.3 Å². The van der Waals surface area contributed by atoms with Gasteiger partial charge in [-0.15, -0.1) is 11.3 Å². The van der Waals surface area contributed by atoms with Crippen molar-refractivity contribution in [1.82, 2.24) is 9.88 Å². The lowest BCUT2D eigenvalue weighted by Crippen LogP contribution is -2.42. The first-order valence-corrected chi connectivity index (χ1v) is 6.58. The van der Waals surface area contributed by atoms with E-state index in [-0.39, 0.29) is 6.10 Å². The summed E-state index contributed by atoms with van der Waals surface area (Å²) in [6.07, 6.45) is 0.126. The second-order valence-corrected chi connectivity index (χ2v) is 5.22. The number of thiazole rings is 1. The number of nitrogens with zero attached hydrogens (tertiary/aromatic N) is 2. The Morgan fingerprint density at radius 3 is 3.12 bits per heavy atom.